The molecule has 1 heterocycles. The number of amides is 1. The highest BCUT2D eigenvalue weighted by molar-refractivity contribution is 14.1. The average Bonchev–Trinajstić information content (AvgIpc) is 2.80. The van der Waals surface area contributed by atoms with Crippen LogP contribution in [0.5, 0.6) is 0 Å². The second kappa shape index (κ2) is 6.04. The Labute approximate surface area is 127 Å². The third-order valence-electron chi connectivity index (χ3n) is 2.55. The summed E-state index contributed by atoms with van der Waals surface area (Å²) in [6, 6.07) is 7.11. The number of halogens is 2. The zero-order valence-corrected chi connectivity index (χ0v) is 12.3. The van der Waals surface area contributed by atoms with Gasteiger partial charge in [0.05, 0.1) is 5.69 Å². The molecular weight excluding hydrogens is 378 g/mol. The Hall–Kier alpha value is -1.90. The summed E-state index contributed by atoms with van der Waals surface area (Å²) in [5.41, 5.74) is 0.701. The Morgan fingerprint density at radius 3 is 2.75 bits per heavy atom. The molecule has 0 aliphatic heterocycles. The third-order valence-corrected chi connectivity index (χ3v) is 3.44. The molecule has 1 amide bonds. The van der Waals surface area contributed by atoms with E-state index in [1.54, 1.807) is 6.07 Å². The number of nitrogens with zero attached hydrogens (tertiary/aromatic N) is 1. The molecule has 2 rings (SSSR count). The van der Waals surface area contributed by atoms with Gasteiger partial charge in [-0.3, -0.25) is 9.59 Å². The van der Waals surface area contributed by atoms with Crippen molar-refractivity contribution in [3.05, 3.63) is 51.6 Å². The lowest BCUT2D eigenvalue weighted by Gasteiger charge is -2.09. The summed E-state index contributed by atoms with van der Waals surface area (Å²) in [5, 5.41) is 11.4. The van der Waals surface area contributed by atoms with Crippen molar-refractivity contribution < 1.29 is 19.1 Å². The van der Waals surface area contributed by atoms with Crippen molar-refractivity contribution in [1.82, 2.24) is 4.57 Å². The molecular formula is C13H10FIN2O3. The van der Waals surface area contributed by atoms with E-state index >= 15 is 0 Å². The van der Waals surface area contributed by atoms with E-state index in [2.05, 4.69) is 5.32 Å². The number of hydrogen-bond acceptors (Lipinski definition) is 2. The maximum absolute atomic E-state index is 13.0. The van der Waals surface area contributed by atoms with Crippen LogP contribution in [0.25, 0.3) is 0 Å². The number of rotatable bonds is 4. The zero-order valence-electron chi connectivity index (χ0n) is 10.1. The predicted octanol–water partition coefficient (Wildman–Crippen LogP) is 2.57. The van der Waals surface area contributed by atoms with Crippen LogP contribution in [0.15, 0.2) is 36.5 Å². The Morgan fingerprint density at radius 2 is 2.10 bits per heavy atom. The van der Waals surface area contributed by atoms with Gasteiger partial charge >= 0.3 is 5.97 Å². The largest absolute Gasteiger partial charge is 0.480 e. The van der Waals surface area contributed by atoms with E-state index < -0.39 is 11.9 Å². The smallest absolute Gasteiger partial charge is 0.323 e. The lowest BCUT2D eigenvalue weighted by atomic mass is 10.3. The maximum atomic E-state index is 13.0. The predicted molar refractivity (Wildman–Crippen MR) is 79.1 cm³/mol. The summed E-state index contributed by atoms with van der Waals surface area (Å²) in [7, 11) is 0. The van der Waals surface area contributed by atoms with Gasteiger partial charge in [-0.2, -0.15) is 0 Å². The summed E-state index contributed by atoms with van der Waals surface area (Å²) in [6.45, 7) is -0.295. The zero-order chi connectivity index (χ0) is 14.7. The fraction of sp³-hybridized carbons (Fsp3) is 0.0769. The van der Waals surface area contributed by atoms with Crippen LogP contribution in [0, 0.1) is 9.39 Å². The SMILES string of the molecule is O=C(O)Cn1cccc1C(=O)Nc1ccc(F)cc1I. The number of benzene rings is 1. The van der Waals surface area contributed by atoms with Gasteiger partial charge in [0.2, 0.25) is 0 Å². The number of carbonyl (C=O) groups is 2. The molecule has 1 aromatic carbocycles. The molecule has 2 N–H and O–H groups in total. The minimum Gasteiger partial charge on any atom is -0.480 e. The van der Waals surface area contributed by atoms with Crippen LogP contribution in [0.2, 0.25) is 0 Å². The molecule has 5 nitrogen and oxygen atoms in total. The first kappa shape index (κ1) is 14.5. The number of anilines is 1. The van der Waals surface area contributed by atoms with Gasteiger partial charge in [-0.1, -0.05) is 0 Å². The van der Waals surface area contributed by atoms with Crippen molar-refractivity contribution >= 4 is 40.2 Å². The second-order valence-corrected chi connectivity index (χ2v) is 5.16. The van der Waals surface area contributed by atoms with E-state index in [1.165, 1.54) is 35.0 Å². The summed E-state index contributed by atoms with van der Waals surface area (Å²) in [6.07, 6.45) is 1.51. The lowest BCUT2D eigenvalue weighted by molar-refractivity contribution is -0.137. The fourth-order valence-corrected chi connectivity index (χ4v) is 2.29. The Bertz CT molecular complexity index is 669. The van der Waals surface area contributed by atoms with Crippen molar-refractivity contribution in [2.24, 2.45) is 0 Å². The lowest BCUT2D eigenvalue weighted by Crippen LogP contribution is -2.19. The molecule has 0 saturated carbocycles. The van der Waals surface area contributed by atoms with Gasteiger partial charge in [-0.15, -0.1) is 0 Å². The van der Waals surface area contributed by atoms with Crippen molar-refractivity contribution in [3.8, 4) is 0 Å². The number of carboxylic acid groups (broad SMARTS) is 1. The molecule has 0 fully saturated rings. The standard InChI is InChI=1S/C13H10FIN2O3/c14-8-3-4-10(9(15)6-8)16-13(20)11-2-1-5-17(11)7-12(18)19/h1-6H,7H2,(H,16,20)(H,18,19). The minimum atomic E-state index is -1.04. The van der Waals surface area contributed by atoms with Crippen LogP contribution in [0.3, 0.4) is 0 Å². The molecule has 0 radical (unpaired) electrons. The van der Waals surface area contributed by atoms with Crippen LogP contribution in [-0.4, -0.2) is 21.6 Å². The number of hydrogen-bond donors (Lipinski definition) is 2. The maximum Gasteiger partial charge on any atom is 0.323 e. The average molecular weight is 388 g/mol. The van der Waals surface area contributed by atoms with Crippen LogP contribution in [-0.2, 0) is 11.3 Å². The van der Waals surface area contributed by atoms with Crippen molar-refractivity contribution in [3.63, 3.8) is 0 Å². The van der Waals surface area contributed by atoms with E-state index in [9.17, 15) is 14.0 Å². The van der Waals surface area contributed by atoms with E-state index in [-0.39, 0.29) is 18.1 Å². The molecule has 0 aliphatic carbocycles. The number of carbonyl (C=O) groups excluding carboxylic acids is 1. The third kappa shape index (κ3) is 3.35. The summed E-state index contributed by atoms with van der Waals surface area (Å²) in [5.74, 6) is -1.87. The van der Waals surface area contributed by atoms with Crippen molar-refractivity contribution in [2.75, 3.05) is 5.32 Å². The van der Waals surface area contributed by atoms with Gasteiger partial charge in [-0.05, 0) is 52.9 Å². The van der Waals surface area contributed by atoms with Crippen LogP contribution < -0.4 is 5.32 Å². The van der Waals surface area contributed by atoms with E-state index in [0.717, 1.165) is 0 Å². The molecule has 2 aromatic rings. The van der Waals surface area contributed by atoms with Gasteiger partial charge in [0.1, 0.15) is 18.1 Å². The van der Waals surface area contributed by atoms with E-state index in [0.29, 0.717) is 9.26 Å². The number of aliphatic carboxylic acids is 1. The summed E-state index contributed by atoms with van der Waals surface area (Å²) >= 11 is 1.91. The molecule has 0 aliphatic rings. The molecule has 104 valence electrons. The van der Waals surface area contributed by atoms with Crippen LogP contribution in [0.1, 0.15) is 10.5 Å². The molecule has 7 heteroatoms. The van der Waals surface area contributed by atoms with Crippen LogP contribution in [0.4, 0.5) is 10.1 Å². The van der Waals surface area contributed by atoms with Gasteiger partial charge in [0, 0.05) is 9.77 Å². The normalized spacial score (nSPS) is 10.3. The highest BCUT2D eigenvalue weighted by Crippen LogP contribution is 2.20. The van der Waals surface area contributed by atoms with Gasteiger partial charge in [0.15, 0.2) is 0 Å². The van der Waals surface area contributed by atoms with Crippen molar-refractivity contribution in [2.45, 2.75) is 6.54 Å². The van der Waals surface area contributed by atoms with E-state index in [1.807, 2.05) is 22.6 Å². The minimum absolute atomic E-state index is 0.229. The Balaban J connectivity index is 2.20. The number of aromatic nitrogens is 1. The first-order valence-electron chi connectivity index (χ1n) is 5.60. The molecule has 0 unspecified atom stereocenters. The molecule has 1 aromatic heterocycles. The summed E-state index contributed by atoms with van der Waals surface area (Å²) in [4.78, 5) is 22.8. The number of nitrogens with one attached hydrogen (secondary N) is 1. The second-order valence-electron chi connectivity index (χ2n) is 3.99. The van der Waals surface area contributed by atoms with Gasteiger partial charge < -0.3 is 15.0 Å². The molecule has 20 heavy (non-hydrogen) atoms. The fourth-order valence-electron chi connectivity index (χ4n) is 1.68. The highest BCUT2D eigenvalue weighted by atomic mass is 127. The topological polar surface area (TPSA) is 71.3 Å². The summed E-state index contributed by atoms with van der Waals surface area (Å²) < 4.78 is 14.9. The monoisotopic (exact) mass is 388 g/mol. The molecule has 0 spiro atoms. The quantitative estimate of drug-likeness (QED) is 0.792. The Morgan fingerprint density at radius 1 is 1.35 bits per heavy atom. The molecule has 0 bridgehead atoms. The first-order chi connectivity index (χ1) is 9.47. The Kier molecular flexibility index (Phi) is 4.38. The van der Waals surface area contributed by atoms with E-state index in [4.69, 9.17) is 5.11 Å². The number of carboxylic acids is 1. The molecule has 0 saturated heterocycles. The first-order valence-corrected chi connectivity index (χ1v) is 6.68. The molecule has 0 atom stereocenters. The van der Waals surface area contributed by atoms with Gasteiger partial charge in [-0.25, -0.2) is 4.39 Å². The van der Waals surface area contributed by atoms with Crippen LogP contribution >= 0.6 is 22.6 Å². The van der Waals surface area contributed by atoms with Gasteiger partial charge in [0.25, 0.3) is 5.91 Å². The van der Waals surface area contributed by atoms with Crippen molar-refractivity contribution in [1.29, 1.82) is 0 Å². The highest BCUT2D eigenvalue weighted by Gasteiger charge is 2.14.